The Morgan fingerprint density at radius 3 is 2.70 bits per heavy atom. The first-order valence-electron chi connectivity index (χ1n) is 7.18. The first kappa shape index (κ1) is 15.3. The third kappa shape index (κ3) is 2.99. The van der Waals surface area contributed by atoms with Crippen LogP contribution in [-0.2, 0) is 30.6 Å². The van der Waals surface area contributed by atoms with Crippen LogP contribution in [0.3, 0.4) is 0 Å². The van der Waals surface area contributed by atoms with E-state index in [1.165, 1.54) is 0 Å². The van der Waals surface area contributed by atoms with Crippen LogP contribution in [0.15, 0.2) is 0 Å². The molecule has 0 aliphatic heterocycles. The molecule has 2 aromatic rings. The Labute approximate surface area is 124 Å². The fourth-order valence-corrected chi connectivity index (χ4v) is 2.76. The first-order chi connectivity index (χ1) is 9.72. The molecule has 20 heavy (non-hydrogen) atoms. The maximum atomic E-state index is 6.04. The number of methoxy groups -OCH3 is 1. The van der Waals surface area contributed by atoms with Crippen molar-refractivity contribution in [3.05, 3.63) is 11.5 Å². The molecular weight excluding hydrogens is 276 g/mol. The Balaban J connectivity index is 2.19. The summed E-state index contributed by atoms with van der Waals surface area (Å²) in [4.78, 5) is 4.66. The van der Waals surface area contributed by atoms with Crippen molar-refractivity contribution in [1.82, 2.24) is 19.3 Å². The van der Waals surface area contributed by atoms with Crippen molar-refractivity contribution in [3.63, 3.8) is 0 Å². The highest BCUT2D eigenvalue weighted by atomic mass is 35.5. The Morgan fingerprint density at radius 2 is 2.05 bits per heavy atom. The monoisotopic (exact) mass is 298 g/mol. The van der Waals surface area contributed by atoms with Crippen LogP contribution >= 0.6 is 11.6 Å². The molecule has 0 unspecified atom stereocenters. The molecule has 0 aromatic carbocycles. The normalized spacial score (nSPS) is 11.6. The van der Waals surface area contributed by atoms with E-state index in [1.54, 1.807) is 7.11 Å². The highest BCUT2D eigenvalue weighted by Crippen LogP contribution is 2.21. The molecular formula is C14H23ClN4O. The summed E-state index contributed by atoms with van der Waals surface area (Å²) in [6.45, 7) is 3.87. The van der Waals surface area contributed by atoms with Crippen LogP contribution in [0.25, 0.3) is 11.2 Å². The highest BCUT2D eigenvalue weighted by molar-refractivity contribution is 6.16. The SMILES string of the molecule is CCc1nn(C)c2c1nc(CCl)n2CCCCCOC. The number of nitrogens with zero attached hydrogens (tertiary/aromatic N) is 4. The smallest absolute Gasteiger partial charge is 0.158 e. The zero-order valence-corrected chi connectivity index (χ0v) is 13.3. The molecule has 2 aromatic heterocycles. The van der Waals surface area contributed by atoms with Gasteiger partial charge in [0.15, 0.2) is 5.65 Å². The summed E-state index contributed by atoms with van der Waals surface area (Å²) in [6, 6.07) is 0. The lowest BCUT2D eigenvalue weighted by molar-refractivity contribution is 0.191. The van der Waals surface area contributed by atoms with E-state index in [0.717, 1.165) is 61.5 Å². The standard InChI is InChI=1S/C14H23ClN4O/c1-4-11-13-14(18(2)17-11)19(12(10-15)16-13)8-6-5-7-9-20-3/h4-10H2,1-3H3. The molecule has 0 spiro atoms. The maximum absolute atomic E-state index is 6.04. The van der Waals surface area contributed by atoms with Gasteiger partial charge in [0, 0.05) is 27.3 Å². The lowest BCUT2D eigenvalue weighted by atomic mass is 10.2. The van der Waals surface area contributed by atoms with E-state index in [1.807, 2.05) is 11.7 Å². The summed E-state index contributed by atoms with van der Waals surface area (Å²) in [5.74, 6) is 1.38. The summed E-state index contributed by atoms with van der Waals surface area (Å²) in [5, 5.41) is 4.53. The predicted octanol–water partition coefficient (Wildman–Crippen LogP) is 2.89. The van der Waals surface area contributed by atoms with E-state index >= 15 is 0 Å². The van der Waals surface area contributed by atoms with Gasteiger partial charge in [0.2, 0.25) is 0 Å². The molecule has 0 bridgehead atoms. The van der Waals surface area contributed by atoms with Gasteiger partial charge in [-0.1, -0.05) is 6.92 Å². The number of aryl methyl sites for hydroxylation is 3. The number of halogens is 1. The second-order valence-corrected chi connectivity index (χ2v) is 5.23. The highest BCUT2D eigenvalue weighted by Gasteiger charge is 2.17. The third-order valence-electron chi connectivity index (χ3n) is 3.56. The van der Waals surface area contributed by atoms with Gasteiger partial charge in [-0.05, 0) is 25.7 Å². The molecule has 112 valence electrons. The van der Waals surface area contributed by atoms with E-state index in [9.17, 15) is 0 Å². The van der Waals surface area contributed by atoms with E-state index in [-0.39, 0.29) is 0 Å². The van der Waals surface area contributed by atoms with Gasteiger partial charge >= 0.3 is 0 Å². The van der Waals surface area contributed by atoms with Crippen LogP contribution in [0.2, 0.25) is 0 Å². The minimum Gasteiger partial charge on any atom is -0.385 e. The van der Waals surface area contributed by atoms with Crippen molar-refractivity contribution < 1.29 is 4.74 Å². The zero-order chi connectivity index (χ0) is 14.5. The molecule has 2 heterocycles. The number of aromatic nitrogens is 4. The maximum Gasteiger partial charge on any atom is 0.158 e. The second-order valence-electron chi connectivity index (χ2n) is 4.96. The number of hydrogen-bond acceptors (Lipinski definition) is 3. The zero-order valence-electron chi connectivity index (χ0n) is 12.5. The minimum atomic E-state index is 0.440. The predicted molar refractivity (Wildman–Crippen MR) is 81.2 cm³/mol. The van der Waals surface area contributed by atoms with Gasteiger partial charge in [0.1, 0.15) is 11.3 Å². The van der Waals surface area contributed by atoms with E-state index in [2.05, 4.69) is 21.6 Å². The Kier molecular flexibility index (Phi) is 5.43. The molecule has 0 aliphatic rings. The molecule has 0 fully saturated rings. The fourth-order valence-electron chi connectivity index (χ4n) is 2.56. The number of hydrogen-bond donors (Lipinski definition) is 0. The van der Waals surface area contributed by atoms with Crippen molar-refractivity contribution in [2.24, 2.45) is 7.05 Å². The van der Waals surface area contributed by atoms with Crippen molar-refractivity contribution in [2.45, 2.75) is 45.0 Å². The number of ether oxygens (including phenoxy) is 1. The van der Waals surface area contributed by atoms with E-state index in [4.69, 9.17) is 16.3 Å². The molecule has 0 saturated carbocycles. The van der Waals surface area contributed by atoms with Crippen LogP contribution in [0, 0.1) is 0 Å². The van der Waals surface area contributed by atoms with Crippen molar-refractivity contribution in [2.75, 3.05) is 13.7 Å². The minimum absolute atomic E-state index is 0.440. The number of alkyl halides is 1. The number of rotatable bonds is 8. The summed E-state index contributed by atoms with van der Waals surface area (Å²) in [6.07, 6.45) is 4.24. The van der Waals surface area contributed by atoms with Gasteiger partial charge in [0.05, 0.1) is 11.6 Å². The Hall–Kier alpha value is -1.07. The summed E-state index contributed by atoms with van der Waals surface area (Å²) in [7, 11) is 3.72. The first-order valence-corrected chi connectivity index (χ1v) is 7.72. The topological polar surface area (TPSA) is 44.9 Å². The largest absolute Gasteiger partial charge is 0.385 e. The lowest BCUT2D eigenvalue weighted by Crippen LogP contribution is -2.07. The van der Waals surface area contributed by atoms with Crippen molar-refractivity contribution in [1.29, 1.82) is 0 Å². The summed E-state index contributed by atoms with van der Waals surface area (Å²) in [5.41, 5.74) is 3.14. The number of fused-ring (bicyclic) bond motifs is 1. The molecule has 0 atom stereocenters. The average molecular weight is 299 g/mol. The molecule has 0 radical (unpaired) electrons. The van der Waals surface area contributed by atoms with Crippen LogP contribution in [0.4, 0.5) is 0 Å². The molecule has 2 rings (SSSR count). The van der Waals surface area contributed by atoms with E-state index < -0.39 is 0 Å². The second kappa shape index (κ2) is 7.09. The van der Waals surface area contributed by atoms with Crippen LogP contribution in [0.1, 0.15) is 37.7 Å². The molecule has 0 saturated heterocycles. The van der Waals surface area contributed by atoms with Crippen molar-refractivity contribution >= 4 is 22.8 Å². The Morgan fingerprint density at radius 1 is 1.25 bits per heavy atom. The van der Waals surface area contributed by atoms with Gasteiger partial charge < -0.3 is 9.30 Å². The van der Waals surface area contributed by atoms with Crippen LogP contribution in [0.5, 0.6) is 0 Å². The summed E-state index contributed by atoms with van der Waals surface area (Å²) < 4.78 is 9.21. The Bertz CT molecular complexity index is 561. The van der Waals surface area contributed by atoms with Crippen molar-refractivity contribution in [3.8, 4) is 0 Å². The third-order valence-corrected chi connectivity index (χ3v) is 3.79. The molecule has 0 amide bonds. The lowest BCUT2D eigenvalue weighted by Gasteiger charge is -2.08. The average Bonchev–Trinajstić information content (AvgIpc) is 2.96. The van der Waals surface area contributed by atoms with Gasteiger partial charge in [-0.2, -0.15) is 5.10 Å². The van der Waals surface area contributed by atoms with Crippen LogP contribution in [-0.4, -0.2) is 33.0 Å². The number of unbranched alkanes of at least 4 members (excludes halogenated alkanes) is 2. The van der Waals surface area contributed by atoms with Crippen LogP contribution < -0.4 is 0 Å². The van der Waals surface area contributed by atoms with Gasteiger partial charge in [0.25, 0.3) is 0 Å². The molecule has 0 N–H and O–H groups in total. The molecule has 5 nitrogen and oxygen atoms in total. The number of imidazole rings is 1. The van der Waals surface area contributed by atoms with Gasteiger partial charge in [-0.25, -0.2) is 4.98 Å². The summed E-state index contributed by atoms with van der Waals surface area (Å²) >= 11 is 6.04. The molecule has 6 heteroatoms. The quantitative estimate of drug-likeness (QED) is 0.556. The fraction of sp³-hybridized carbons (Fsp3) is 0.714. The van der Waals surface area contributed by atoms with Gasteiger partial charge in [-0.3, -0.25) is 4.68 Å². The van der Waals surface area contributed by atoms with E-state index in [0.29, 0.717) is 5.88 Å². The molecule has 0 aliphatic carbocycles. The van der Waals surface area contributed by atoms with Gasteiger partial charge in [-0.15, -0.1) is 11.6 Å².